The van der Waals surface area contributed by atoms with Crippen LogP contribution in [0.3, 0.4) is 0 Å². The number of hydrogen-bond acceptors (Lipinski definition) is 3. The van der Waals surface area contributed by atoms with Crippen LogP contribution in [0.2, 0.25) is 0 Å². The summed E-state index contributed by atoms with van der Waals surface area (Å²) in [6.07, 6.45) is 7.07. The summed E-state index contributed by atoms with van der Waals surface area (Å²) in [5.74, 6) is 0.825. The Bertz CT molecular complexity index is 443. The van der Waals surface area contributed by atoms with Crippen molar-refractivity contribution >= 4 is 0 Å². The second-order valence-electron chi connectivity index (χ2n) is 4.32. The molecule has 0 radical (unpaired) electrons. The maximum absolute atomic E-state index is 6.20. The molecule has 2 heterocycles. The Balaban J connectivity index is 2.26. The molecule has 0 spiro atoms. The Morgan fingerprint density at radius 2 is 2.38 bits per heavy atom. The third kappa shape index (κ3) is 2.02. The molecule has 1 unspecified atom stereocenters. The van der Waals surface area contributed by atoms with Crippen molar-refractivity contribution in [1.29, 1.82) is 0 Å². The maximum Gasteiger partial charge on any atom is 0.126 e. The first-order valence-corrected chi connectivity index (χ1v) is 5.50. The fourth-order valence-corrected chi connectivity index (χ4v) is 1.81. The molecule has 0 aromatic carbocycles. The molecule has 2 aromatic rings. The van der Waals surface area contributed by atoms with Gasteiger partial charge in [-0.05, 0) is 19.4 Å². The SMILES string of the molecule is CCCC(C)(N)c1ncc(-c2ccoc2)[nH]1. The predicted molar refractivity (Wildman–Crippen MR) is 62.7 cm³/mol. The average Bonchev–Trinajstić information content (AvgIpc) is 2.89. The molecule has 3 N–H and O–H groups in total. The molecule has 86 valence electrons. The number of hydrogen-bond donors (Lipinski definition) is 2. The number of H-pyrrole nitrogens is 1. The molecule has 0 aliphatic rings. The van der Waals surface area contributed by atoms with Crippen LogP contribution < -0.4 is 5.73 Å². The van der Waals surface area contributed by atoms with Crippen LogP contribution in [-0.4, -0.2) is 9.97 Å². The van der Waals surface area contributed by atoms with E-state index in [0.29, 0.717) is 0 Å². The summed E-state index contributed by atoms with van der Waals surface area (Å²) in [5.41, 5.74) is 7.74. The van der Waals surface area contributed by atoms with Crippen molar-refractivity contribution in [1.82, 2.24) is 9.97 Å². The second kappa shape index (κ2) is 4.14. The molecule has 2 rings (SSSR count). The van der Waals surface area contributed by atoms with E-state index in [2.05, 4.69) is 16.9 Å². The number of aromatic amines is 1. The molecule has 4 heteroatoms. The molecule has 0 amide bonds. The number of nitrogens with two attached hydrogens (primary N) is 1. The first kappa shape index (κ1) is 11.0. The zero-order valence-electron chi connectivity index (χ0n) is 9.66. The van der Waals surface area contributed by atoms with Crippen molar-refractivity contribution in [3.8, 4) is 11.3 Å². The maximum atomic E-state index is 6.20. The summed E-state index contributed by atoms with van der Waals surface area (Å²) in [7, 11) is 0. The van der Waals surface area contributed by atoms with Gasteiger partial charge in [-0.25, -0.2) is 4.98 Å². The molecule has 4 nitrogen and oxygen atoms in total. The van der Waals surface area contributed by atoms with Crippen LogP contribution >= 0.6 is 0 Å². The molecular formula is C12H17N3O. The van der Waals surface area contributed by atoms with Gasteiger partial charge in [-0.15, -0.1) is 0 Å². The third-order valence-electron chi connectivity index (χ3n) is 2.72. The standard InChI is InChI=1S/C12H17N3O/c1-3-5-12(2,13)11-14-7-10(15-11)9-4-6-16-8-9/h4,6-8H,3,5,13H2,1-2H3,(H,14,15). The normalized spacial score (nSPS) is 14.9. The Labute approximate surface area is 94.9 Å². The van der Waals surface area contributed by atoms with Gasteiger partial charge >= 0.3 is 0 Å². The molecular weight excluding hydrogens is 202 g/mol. The van der Waals surface area contributed by atoms with E-state index < -0.39 is 5.54 Å². The number of rotatable bonds is 4. The van der Waals surface area contributed by atoms with Gasteiger partial charge in [0.15, 0.2) is 0 Å². The van der Waals surface area contributed by atoms with Gasteiger partial charge in [0, 0.05) is 5.56 Å². The smallest absolute Gasteiger partial charge is 0.126 e. The van der Waals surface area contributed by atoms with E-state index in [-0.39, 0.29) is 0 Å². The van der Waals surface area contributed by atoms with Gasteiger partial charge < -0.3 is 15.1 Å². The lowest BCUT2D eigenvalue weighted by Gasteiger charge is -2.20. The van der Waals surface area contributed by atoms with Crippen molar-refractivity contribution in [3.05, 3.63) is 30.6 Å². The molecule has 2 aromatic heterocycles. The minimum absolute atomic E-state index is 0.392. The molecule has 0 saturated carbocycles. The highest BCUT2D eigenvalue weighted by Gasteiger charge is 2.23. The number of imidazole rings is 1. The minimum Gasteiger partial charge on any atom is -0.472 e. The second-order valence-corrected chi connectivity index (χ2v) is 4.32. The van der Waals surface area contributed by atoms with E-state index in [1.807, 2.05) is 13.0 Å². The van der Waals surface area contributed by atoms with Crippen molar-refractivity contribution in [2.75, 3.05) is 0 Å². The van der Waals surface area contributed by atoms with E-state index in [4.69, 9.17) is 10.2 Å². The van der Waals surface area contributed by atoms with Crippen molar-refractivity contribution in [2.45, 2.75) is 32.2 Å². The highest BCUT2D eigenvalue weighted by molar-refractivity contribution is 5.56. The first-order valence-electron chi connectivity index (χ1n) is 5.50. The van der Waals surface area contributed by atoms with Gasteiger partial charge in [0.1, 0.15) is 5.82 Å². The Morgan fingerprint density at radius 1 is 1.56 bits per heavy atom. The lowest BCUT2D eigenvalue weighted by molar-refractivity contribution is 0.423. The molecule has 1 atom stereocenters. The van der Waals surface area contributed by atoms with E-state index in [1.165, 1.54) is 0 Å². The van der Waals surface area contributed by atoms with Crippen molar-refractivity contribution < 1.29 is 4.42 Å². The van der Waals surface area contributed by atoms with E-state index in [0.717, 1.165) is 29.9 Å². The van der Waals surface area contributed by atoms with Crippen LogP contribution in [0, 0.1) is 0 Å². The van der Waals surface area contributed by atoms with Gasteiger partial charge in [-0.1, -0.05) is 13.3 Å². The van der Waals surface area contributed by atoms with Crippen LogP contribution in [0.1, 0.15) is 32.5 Å². The molecule has 0 aliphatic heterocycles. The van der Waals surface area contributed by atoms with Crippen LogP contribution in [0.4, 0.5) is 0 Å². The Morgan fingerprint density at radius 3 is 3.00 bits per heavy atom. The fourth-order valence-electron chi connectivity index (χ4n) is 1.81. The topological polar surface area (TPSA) is 67.8 Å². The van der Waals surface area contributed by atoms with Crippen LogP contribution in [0.15, 0.2) is 29.2 Å². The number of nitrogens with one attached hydrogen (secondary N) is 1. The largest absolute Gasteiger partial charge is 0.472 e. The van der Waals surface area contributed by atoms with Crippen molar-refractivity contribution in [3.63, 3.8) is 0 Å². The quantitative estimate of drug-likeness (QED) is 0.830. The summed E-state index contributed by atoms with van der Waals surface area (Å²) in [4.78, 5) is 7.58. The fraction of sp³-hybridized carbons (Fsp3) is 0.417. The van der Waals surface area contributed by atoms with E-state index in [1.54, 1.807) is 18.7 Å². The van der Waals surface area contributed by atoms with Gasteiger partial charge in [-0.2, -0.15) is 0 Å². The summed E-state index contributed by atoms with van der Waals surface area (Å²) in [6, 6.07) is 1.89. The van der Waals surface area contributed by atoms with Crippen LogP contribution in [0.5, 0.6) is 0 Å². The minimum atomic E-state index is -0.392. The first-order chi connectivity index (χ1) is 7.63. The van der Waals surface area contributed by atoms with Crippen LogP contribution in [0.25, 0.3) is 11.3 Å². The molecule has 0 aliphatic carbocycles. The van der Waals surface area contributed by atoms with Crippen molar-refractivity contribution in [2.24, 2.45) is 5.73 Å². The van der Waals surface area contributed by atoms with E-state index >= 15 is 0 Å². The number of furan rings is 1. The average molecular weight is 219 g/mol. The van der Waals surface area contributed by atoms with Gasteiger partial charge in [0.05, 0.1) is 30.0 Å². The molecule has 0 bridgehead atoms. The summed E-state index contributed by atoms with van der Waals surface area (Å²) < 4.78 is 5.03. The number of nitrogens with zero attached hydrogens (tertiary/aromatic N) is 1. The third-order valence-corrected chi connectivity index (χ3v) is 2.72. The van der Waals surface area contributed by atoms with Gasteiger partial charge in [-0.3, -0.25) is 0 Å². The molecule has 0 fully saturated rings. The lowest BCUT2D eigenvalue weighted by atomic mass is 9.97. The monoisotopic (exact) mass is 219 g/mol. The van der Waals surface area contributed by atoms with Gasteiger partial charge in [0.25, 0.3) is 0 Å². The zero-order valence-corrected chi connectivity index (χ0v) is 9.66. The zero-order chi connectivity index (χ0) is 11.6. The Kier molecular flexibility index (Phi) is 2.83. The lowest BCUT2D eigenvalue weighted by Crippen LogP contribution is -2.34. The molecule has 0 saturated heterocycles. The summed E-state index contributed by atoms with van der Waals surface area (Å²) in [6.45, 7) is 4.11. The number of aromatic nitrogens is 2. The highest BCUT2D eigenvalue weighted by atomic mass is 16.3. The summed E-state index contributed by atoms with van der Waals surface area (Å²) in [5, 5.41) is 0. The highest BCUT2D eigenvalue weighted by Crippen LogP contribution is 2.24. The predicted octanol–water partition coefficient (Wildman–Crippen LogP) is 2.64. The Hall–Kier alpha value is -1.55. The van der Waals surface area contributed by atoms with E-state index in [9.17, 15) is 0 Å². The van der Waals surface area contributed by atoms with Crippen LogP contribution in [-0.2, 0) is 5.54 Å². The molecule has 16 heavy (non-hydrogen) atoms. The van der Waals surface area contributed by atoms with Gasteiger partial charge in [0.2, 0.25) is 0 Å². The summed E-state index contributed by atoms with van der Waals surface area (Å²) >= 11 is 0.